The maximum atomic E-state index is 13.2. The Morgan fingerprint density at radius 3 is 2.06 bits per heavy atom. The SMILES string of the molecule is CC(C)(C(=O)O)n1c(Cc2ccccc2)ccc(NC(=O)CCc2ccccc2)c1=O. The summed E-state index contributed by atoms with van der Waals surface area (Å²) in [7, 11) is 0. The first-order valence-corrected chi connectivity index (χ1v) is 10.2. The Kier molecular flexibility index (Phi) is 6.70. The number of anilines is 1. The van der Waals surface area contributed by atoms with Crippen LogP contribution in [0.1, 0.15) is 37.1 Å². The number of pyridine rings is 1. The summed E-state index contributed by atoms with van der Waals surface area (Å²) in [5.41, 5.74) is 0.604. The topological polar surface area (TPSA) is 88.4 Å². The summed E-state index contributed by atoms with van der Waals surface area (Å²) in [5.74, 6) is -1.42. The van der Waals surface area contributed by atoms with Crippen LogP contribution in [0, 0.1) is 0 Å². The predicted molar refractivity (Wildman–Crippen MR) is 120 cm³/mol. The molecule has 1 amide bonds. The minimum Gasteiger partial charge on any atom is -0.480 e. The highest BCUT2D eigenvalue weighted by molar-refractivity contribution is 5.90. The number of aromatic nitrogens is 1. The molecule has 0 spiro atoms. The Morgan fingerprint density at radius 2 is 1.48 bits per heavy atom. The third kappa shape index (κ3) is 5.28. The van der Waals surface area contributed by atoms with E-state index in [1.54, 1.807) is 12.1 Å². The Balaban J connectivity index is 1.89. The molecule has 160 valence electrons. The van der Waals surface area contributed by atoms with Crippen LogP contribution in [0.25, 0.3) is 0 Å². The number of amides is 1. The van der Waals surface area contributed by atoms with Crippen molar-refractivity contribution in [2.75, 3.05) is 5.32 Å². The van der Waals surface area contributed by atoms with Crippen LogP contribution in [0.2, 0.25) is 0 Å². The lowest BCUT2D eigenvalue weighted by Crippen LogP contribution is -2.45. The Hall–Kier alpha value is -3.67. The molecule has 0 saturated heterocycles. The maximum absolute atomic E-state index is 13.2. The van der Waals surface area contributed by atoms with E-state index in [1.807, 2.05) is 60.7 Å². The summed E-state index contributed by atoms with van der Waals surface area (Å²) in [6.45, 7) is 2.96. The maximum Gasteiger partial charge on any atom is 0.329 e. The fraction of sp³-hybridized carbons (Fsp3) is 0.240. The van der Waals surface area contributed by atoms with Crippen molar-refractivity contribution in [3.05, 3.63) is 100.0 Å². The first-order chi connectivity index (χ1) is 14.8. The fourth-order valence-corrected chi connectivity index (χ4v) is 3.44. The van der Waals surface area contributed by atoms with Gasteiger partial charge < -0.3 is 10.4 Å². The molecule has 0 aliphatic carbocycles. The number of carbonyl (C=O) groups is 2. The summed E-state index contributed by atoms with van der Waals surface area (Å²) < 4.78 is 1.26. The number of aliphatic carboxylic acids is 1. The van der Waals surface area contributed by atoms with Crippen molar-refractivity contribution >= 4 is 17.6 Å². The van der Waals surface area contributed by atoms with Crippen LogP contribution >= 0.6 is 0 Å². The molecule has 3 aromatic rings. The number of carboxylic acids is 1. The van der Waals surface area contributed by atoms with Crippen LogP contribution in [0.3, 0.4) is 0 Å². The van der Waals surface area contributed by atoms with Crippen LogP contribution in [-0.2, 0) is 28.0 Å². The molecule has 2 N–H and O–H groups in total. The van der Waals surface area contributed by atoms with Crippen LogP contribution in [-0.4, -0.2) is 21.6 Å². The average molecular weight is 418 g/mol. The van der Waals surface area contributed by atoms with Gasteiger partial charge in [-0.15, -0.1) is 0 Å². The molecule has 1 heterocycles. The Morgan fingerprint density at radius 1 is 0.903 bits per heavy atom. The first-order valence-electron chi connectivity index (χ1n) is 10.2. The van der Waals surface area contributed by atoms with Crippen molar-refractivity contribution in [1.82, 2.24) is 4.57 Å². The van der Waals surface area contributed by atoms with Crippen molar-refractivity contribution < 1.29 is 14.7 Å². The van der Waals surface area contributed by atoms with E-state index in [4.69, 9.17) is 0 Å². The lowest BCUT2D eigenvalue weighted by Gasteiger charge is -2.27. The third-order valence-electron chi connectivity index (χ3n) is 5.23. The summed E-state index contributed by atoms with van der Waals surface area (Å²) in [4.78, 5) is 37.6. The molecular weight excluding hydrogens is 392 g/mol. The van der Waals surface area contributed by atoms with E-state index in [1.165, 1.54) is 18.4 Å². The lowest BCUT2D eigenvalue weighted by molar-refractivity contribution is -0.145. The minimum absolute atomic E-state index is 0.0733. The van der Waals surface area contributed by atoms with Gasteiger partial charge in [0.15, 0.2) is 0 Å². The standard InChI is InChI=1S/C25H26N2O4/c1-25(2,24(30)31)27-20(17-19-11-7-4-8-12-19)14-15-21(23(27)29)26-22(28)16-13-18-9-5-3-6-10-18/h3-12,14-15H,13,16-17H2,1-2H3,(H,26,28)(H,30,31). The molecule has 6 heteroatoms. The molecule has 0 atom stereocenters. The molecule has 3 rings (SSSR count). The number of carbonyl (C=O) groups excluding carboxylic acids is 1. The van der Waals surface area contributed by atoms with Gasteiger partial charge in [-0.3, -0.25) is 14.2 Å². The molecule has 0 radical (unpaired) electrons. The summed E-state index contributed by atoms with van der Waals surface area (Å²) >= 11 is 0. The van der Waals surface area contributed by atoms with Crippen LogP contribution in [0.4, 0.5) is 5.69 Å². The van der Waals surface area contributed by atoms with E-state index in [0.717, 1.165) is 11.1 Å². The number of rotatable bonds is 8. The molecule has 0 fully saturated rings. The van der Waals surface area contributed by atoms with Gasteiger partial charge in [-0.1, -0.05) is 60.7 Å². The monoisotopic (exact) mass is 418 g/mol. The van der Waals surface area contributed by atoms with Crippen molar-refractivity contribution in [3.8, 4) is 0 Å². The van der Waals surface area contributed by atoms with E-state index in [9.17, 15) is 19.5 Å². The number of nitrogens with one attached hydrogen (secondary N) is 1. The van der Waals surface area contributed by atoms with Gasteiger partial charge in [0, 0.05) is 18.5 Å². The number of nitrogens with zero attached hydrogens (tertiary/aromatic N) is 1. The molecule has 0 unspecified atom stereocenters. The number of aryl methyl sites for hydroxylation is 1. The zero-order chi connectivity index (χ0) is 22.4. The lowest BCUT2D eigenvalue weighted by atomic mass is 10.0. The summed E-state index contributed by atoms with van der Waals surface area (Å²) in [5, 5.41) is 12.4. The van der Waals surface area contributed by atoms with E-state index in [0.29, 0.717) is 18.5 Å². The number of hydrogen-bond donors (Lipinski definition) is 2. The Bertz CT molecular complexity index is 1120. The van der Waals surface area contributed by atoms with Gasteiger partial charge in [-0.2, -0.15) is 0 Å². The molecule has 6 nitrogen and oxygen atoms in total. The van der Waals surface area contributed by atoms with E-state index in [-0.39, 0.29) is 18.0 Å². The molecule has 0 bridgehead atoms. The third-order valence-corrected chi connectivity index (χ3v) is 5.23. The van der Waals surface area contributed by atoms with E-state index in [2.05, 4.69) is 5.32 Å². The minimum atomic E-state index is -1.48. The summed E-state index contributed by atoms with van der Waals surface area (Å²) in [6.07, 6.45) is 1.17. The van der Waals surface area contributed by atoms with Crippen molar-refractivity contribution in [3.63, 3.8) is 0 Å². The number of carboxylic acid groups (broad SMARTS) is 1. The largest absolute Gasteiger partial charge is 0.480 e. The molecule has 0 aliphatic rings. The van der Waals surface area contributed by atoms with Crippen LogP contribution < -0.4 is 10.9 Å². The zero-order valence-electron chi connectivity index (χ0n) is 17.7. The predicted octanol–water partition coefficient (Wildman–Crippen LogP) is 3.83. The van der Waals surface area contributed by atoms with Gasteiger partial charge in [0.1, 0.15) is 11.2 Å². The normalized spacial score (nSPS) is 11.2. The molecular formula is C25H26N2O4. The summed E-state index contributed by atoms with van der Waals surface area (Å²) in [6, 6.07) is 22.4. The van der Waals surface area contributed by atoms with Gasteiger partial charge in [-0.05, 0) is 43.5 Å². The number of benzene rings is 2. The Labute approximate surface area is 181 Å². The highest BCUT2D eigenvalue weighted by Crippen LogP contribution is 2.20. The second-order valence-corrected chi connectivity index (χ2v) is 7.94. The van der Waals surface area contributed by atoms with Gasteiger partial charge in [-0.25, -0.2) is 4.79 Å². The molecule has 1 aromatic heterocycles. The first kappa shape index (κ1) is 22.0. The number of hydrogen-bond acceptors (Lipinski definition) is 3. The van der Waals surface area contributed by atoms with Crippen molar-refractivity contribution in [1.29, 1.82) is 0 Å². The molecule has 0 saturated carbocycles. The zero-order valence-corrected chi connectivity index (χ0v) is 17.7. The van der Waals surface area contributed by atoms with Gasteiger partial charge in [0.25, 0.3) is 5.56 Å². The van der Waals surface area contributed by atoms with Crippen molar-refractivity contribution in [2.24, 2.45) is 0 Å². The van der Waals surface area contributed by atoms with Gasteiger partial charge in [0.2, 0.25) is 5.91 Å². The fourth-order valence-electron chi connectivity index (χ4n) is 3.44. The highest BCUT2D eigenvalue weighted by atomic mass is 16.4. The molecule has 31 heavy (non-hydrogen) atoms. The average Bonchev–Trinajstić information content (AvgIpc) is 2.75. The quantitative estimate of drug-likeness (QED) is 0.582. The second-order valence-electron chi connectivity index (χ2n) is 7.94. The van der Waals surface area contributed by atoms with E-state index >= 15 is 0 Å². The highest BCUT2D eigenvalue weighted by Gasteiger charge is 2.33. The van der Waals surface area contributed by atoms with Gasteiger partial charge in [0.05, 0.1) is 0 Å². The van der Waals surface area contributed by atoms with Crippen molar-refractivity contribution in [2.45, 2.75) is 38.6 Å². The molecule has 2 aromatic carbocycles. The van der Waals surface area contributed by atoms with Crippen LogP contribution in [0.5, 0.6) is 0 Å². The van der Waals surface area contributed by atoms with E-state index < -0.39 is 17.1 Å². The molecule has 0 aliphatic heterocycles. The van der Waals surface area contributed by atoms with Gasteiger partial charge >= 0.3 is 5.97 Å². The smallest absolute Gasteiger partial charge is 0.329 e. The second kappa shape index (κ2) is 9.43. The van der Waals surface area contributed by atoms with Crippen LogP contribution in [0.15, 0.2) is 77.6 Å².